The fourth-order valence-corrected chi connectivity index (χ4v) is 3.48. The Morgan fingerprint density at radius 3 is 2.50 bits per heavy atom. The smallest absolute Gasteiger partial charge is 0.375 e. The van der Waals surface area contributed by atoms with E-state index in [1.54, 1.807) is 18.3 Å². The van der Waals surface area contributed by atoms with Crippen LogP contribution in [0.15, 0.2) is 54.9 Å². The van der Waals surface area contributed by atoms with Crippen molar-refractivity contribution in [2.75, 3.05) is 0 Å². The molecule has 5 nitrogen and oxygen atoms in total. The summed E-state index contributed by atoms with van der Waals surface area (Å²) in [6, 6.07) is 11.7. The highest BCUT2D eigenvalue weighted by atomic mass is 19.4. The Morgan fingerprint density at radius 1 is 1.10 bits per heavy atom. The molecule has 2 heterocycles. The molecule has 156 valence electrons. The van der Waals surface area contributed by atoms with Gasteiger partial charge in [0.1, 0.15) is 11.5 Å². The van der Waals surface area contributed by atoms with Crippen LogP contribution >= 0.6 is 0 Å². The van der Waals surface area contributed by atoms with Gasteiger partial charge in [-0.3, -0.25) is 0 Å². The molecule has 1 atom stereocenters. The number of nitrogens with one attached hydrogen (secondary N) is 1. The predicted molar refractivity (Wildman–Crippen MR) is 103 cm³/mol. The summed E-state index contributed by atoms with van der Waals surface area (Å²) in [5.74, 6) is -0.327. The lowest BCUT2D eigenvalue weighted by Crippen LogP contribution is -2.42. The predicted octanol–water partition coefficient (Wildman–Crippen LogP) is 4.77. The Labute approximate surface area is 169 Å². The van der Waals surface area contributed by atoms with Crippen molar-refractivity contribution < 1.29 is 22.7 Å². The molecule has 0 saturated heterocycles. The Hall–Kier alpha value is -3.20. The lowest BCUT2D eigenvalue weighted by Gasteiger charge is -2.26. The molecular weight excluding hydrogens is 400 g/mol. The van der Waals surface area contributed by atoms with Gasteiger partial charge in [0.05, 0.1) is 18.3 Å². The van der Waals surface area contributed by atoms with Crippen molar-refractivity contribution in [3.8, 4) is 11.1 Å². The van der Waals surface area contributed by atoms with Crippen LogP contribution in [0.25, 0.3) is 22.0 Å². The first-order valence-electron chi connectivity index (χ1n) is 9.27. The van der Waals surface area contributed by atoms with Crippen LogP contribution in [0.2, 0.25) is 0 Å². The number of aliphatic hydroxyl groups is 1. The number of H-pyrrole nitrogens is 1. The molecule has 1 unspecified atom stereocenters. The average molecular weight is 418 g/mol. The van der Waals surface area contributed by atoms with Gasteiger partial charge >= 0.3 is 6.18 Å². The SMILES string of the molecule is CCC(O)(c1cn(Cc2cccc3c(-c4ccc(F)cc4)c[nH]c23)nn1)C(F)(F)F. The van der Waals surface area contributed by atoms with Gasteiger partial charge in [0.25, 0.3) is 0 Å². The summed E-state index contributed by atoms with van der Waals surface area (Å²) in [5, 5.41) is 18.3. The Kier molecular flexibility index (Phi) is 4.85. The van der Waals surface area contributed by atoms with E-state index in [0.29, 0.717) is 0 Å². The molecule has 2 N–H and O–H groups in total. The highest BCUT2D eigenvalue weighted by molar-refractivity contribution is 5.97. The minimum atomic E-state index is -4.86. The largest absolute Gasteiger partial charge is 0.423 e. The van der Waals surface area contributed by atoms with E-state index < -0.39 is 23.9 Å². The maximum atomic E-state index is 13.3. The van der Waals surface area contributed by atoms with Crippen molar-refractivity contribution in [1.29, 1.82) is 0 Å². The Balaban J connectivity index is 1.68. The van der Waals surface area contributed by atoms with E-state index in [0.717, 1.165) is 33.8 Å². The number of alkyl halides is 3. The molecule has 4 rings (SSSR count). The standard InChI is InChI=1S/C21H18F4N4O/c1-2-20(30,21(23,24)25)18-12-29(28-27-18)11-14-4-3-5-16-17(10-26-19(14)16)13-6-8-15(22)9-7-13/h3-10,12,26,30H,2,11H2,1H3. The molecular formula is C21H18F4N4O. The molecule has 0 bridgehead atoms. The van der Waals surface area contributed by atoms with Crippen LogP contribution in [0.5, 0.6) is 0 Å². The van der Waals surface area contributed by atoms with E-state index in [1.165, 1.54) is 23.7 Å². The molecule has 0 aliphatic rings. The molecule has 0 saturated carbocycles. The summed E-state index contributed by atoms with van der Waals surface area (Å²) in [7, 11) is 0. The normalized spacial score (nSPS) is 14.2. The maximum absolute atomic E-state index is 13.3. The van der Waals surface area contributed by atoms with E-state index in [1.807, 2.05) is 18.2 Å². The van der Waals surface area contributed by atoms with Gasteiger partial charge in [-0.2, -0.15) is 13.2 Å². The number of nitrogens with zero attached hydrogens (tertiary/aromatic N) is 3. The summed E-state index contributed by atoms with van der Waals surface area (Å²) < 4.78 is 54.3. The van der Waals surface area contributed by atoms with Crippen molar-refractivity contribution in [1.82, 2.24) is 20.0 Å². The van der Waals surface area contributed by atoms with E-state index in [-0.39, 0.29) is 12.4 Å². The summed E-state index contributed by atoms with van der Waals surface area (Å²) in [6.07, 6.45) is -2.51. The molecule has 0 fully saturated rings. The van der Waals surface area contributed by atoms with Gasteiger partial charge < -0.3 is 10.1 Å². The maximum Gasteiger partial charge on any atom is 0.423 e. The molecule has 0 radical (unpaired) electrons. The van der Waals surface area contributed by atoms with Crippen LogP contribution in [0.4, 0.5) is 17.6 Å². The number of aromatic nitrogens is 4. The Bertz CT molecular complexity index is 1180. The number of aromatic amines is 1. The van der Waals surface area contributed by atoms with E-state index in [4.69, 9.17) is 0 Å². The second-order valence-electron chi connectivity index (χ2n) is 7.06. The first-order valence-corrected chi connectivity index (χ1v) is 9.27. The molecule has 2 aromatic carbocycles. The number of hydrogen-bond acceptors (Lipinski definition) is 3. The number of halogens is 4. The Morgan fingerprint density at radius 2 is 1.83 bits per heavy atom. The monoisotopic (exact) mass is 418 g/mol. The van der Waals surface area contributed by atoms with Crippen LogP contribution in [0, 0.1) is 5.82 Å². The molecule has 2 aromatic heterocycles. The van der Waals surface area contributed by atoms with Crippen LogP contribution in [0.1, 0.15) is 24.6 Å². The lowest BCUT2D eigenvalue weighted by molar-refractivity contribution is -0.269. The van der Waals surface area contributed by atoms with Gasteiger partial charge in [0.2, 0.25) is 5.60 Å². The minimum absolute atomic E-state index is 0.158. The first kappa shape index (κ1) is 20.1. The second-order valence-corrected chi connectivity index (χ2v) is 7.06. The van der Waals surface area contributed by atoms with E-state index >= 15 is 0 Å². The lowest BCUT2D eigenvalue weighted by atomic mass is 9.96. The van der Waals surface area contributed by atoms with Gasteiger partial charge in [-0.15, -0.1) is 5.10 Å². The fourth-order valence-electron chi connectivity index (χ4n) is 3.48. The summed E-state index contributed by atoms with van der Waals surface area (Å²) in [6.45, 7) is 1.40. The van der Waals surface area contributed by atoms with Crippen molar-refractivity contribution in [3.05, 3.63) is 71.9 Å². The van der Waals surface area contributed by atoms with Crippen molar-refractivity contribution >= 4 is 10.9 Å². The molecule has 0 spiro atoms. The molecule has 0 aliphatic carbocycles. The summed E-state index contributed by atoms with van der Waals surface area (Å²) >= 11 is 0. The minimum Gasteiger partial charge on any atom is -0.375 e. The number of rotatable bonds is 5. The molecule has 0 aliphatic heterocycles. The zero-order valence-corrected chi connectivity index (χ0v) is 15.9. The fraction of sp³-hybridized carbons (Fsp3) is 0.238. The third-order valence-corrected chi connectivity index (χ3v) is 5.23. The zero-order chi connectivity index (χ0) is 21.5. The van der Waals surface area contributed by atoms with Crippen LogP contribution in [-0.2, 0) is 12.1 Å². The summed E-state index contributed by atoms with van der Waals surface area (Å²) in [5.41, 5.74) is -0.299. The molecule has 9 heteroatoms. The van der Waals surface area contributed by atoms with Crippen molar-refractivity contribution in [3.63, 3.8) is 0 Å². The second kappa shape index (κ2) is 7.24. The molecule has 30 heavy (non-hydrogen) atoms. The van der Waals surface area contributed by atoms with Crippen LogP contribution in [-0.4, -0.2) is 31.3 Å². The topological polar surface area (TPSA) is 66.7 Å². The highest BCUT2D eigenvalue weighted by Crippen LogP contribution is 2.40. The van der Waals surface area contributed by atoms with Gasteiger partial charge in [-0.05, 0) is 29.7 Å². The average Bonchev–Trinajstić information content (AvgIpc) is 3.35. The van der Waals surface area contributed by atoms with Crippen molar-refractivity contribution in [2.45, 2.75) is 31.7 Å². The van der Waals surface area contributed by atoms with Gasteiger partial charge in [0, 0.05) is 17.1 Å². The summed E-state index contributed by atoms with van der Waals surface area (Å²) in [4.78, 5) is 3.18. The third-order valence-electron chi connectivity index (χ3n) is 5.23. The highest BCUT2D eigenvalue weighted by Gasteiger charge is 2.55. The van der Waals surface area contributed by atoms with Gasteiger partial charge in [-0.25, -0.2) is 9.07 Å². The van der Waals surface area contributed by atoms with E-state index in [2.05, 4.69) is 15.3 Å². The quantitative estimate of drug-likeness (QED) is 0.459. The molecule has 0 amide bonds. The van der Waals surface area contributed by atoms with Gasteiger partial charge in [-0.1, -0.05) is 42.5 Å². The third kappa shape index (κ3) is 3.35. The van der Waals surface area contributed by atoms with Crippen LogP contribution in [0.3, 0.4) is 0 Å². The van der Waals surface area contributed by atoms with E-state index in [9.17, 15) is 22.7 Å². The number of benzene rings is 2. The van der Waals surface area contributed by atoms with Gasteiger partial charge in [0.15, 0.2) is 0 Å². The van der Waals surface area contributed by atoms with Crippen LogP contribution < -0.4 is 0 Å². The number of para-hydroxylation sites is 1. The number of fused-ring (bicyclic) bond motifs is 1. The number of hydrogen-bond donors (Lipinski definition) is 2. The molecule has 4 aromatic rings. The van der Waals surface area contributed by atoms with Crippen molar-refractivity contribution in [2.24, 2.45) is 0 Å². The first-order chi connectivity index (χ1) is 14.2. The zero-order valence-electron chi connectivity index (χ0n) is 15.9.